The minimum Gasteiger partial charge on any atom is -0.618 e. The number of benzene rings is 2. The molecule has 4 N–H and O–H groups in total. The first-order valence-electron chi connectivity index (χ1n) is 7.86. The van der Waals surface area contributed by atoms with E-state index in [0.29, 0.717) is 43.8 Å². The molecule has 10 heteroatoms. The van der Waals surface area contributed by atoms with Gasteiger partial charge in [-0.2, -0.15) is 4.73 Å². The molecular weight excluding hydrogens is 393 g/mol. The smallest absolute Gasteiger partial charge is 0.325 e. The Bertz CT molecular complexity index is 1000. The van der Waals surface area contributed by atoms with Crippen LogP contribution in [0.2, 0.25) is 10.0 Å². The highest BCUT2D eigenvalue weighted by Gasteiger charge is 2.14. The molecule has 3 rings (SSSR count). The van der Waals surface area contributed by atoms with Crippen molar-refractivity contribution in [1.29, 1.82) is 0 Å². The Morgan fingerprint density at radius 2 is 1.93 bits per heavy atom. The molecule has 140 valence electrons. The van der Waals surface area contributed by atoms with Crippen molar-refractivity contribution >= 4 is 51.8 Å². The molecule has 0 saturated heterocycles. The predicted molar refractivity (Wildman–Crippen MR) is 104 cm³/mol. The molecule has 0 radical (unpaired) electrons. The fourth-order valence-electron chi connectivity index (χ4n) is 2.33. The van der Waals surface area contributed by atoms with Crippen molar-refractivity contribution in [3.8, 4) is 5.75 Å². The van der Waals surface area contributed by atoms with E-state index in [4.69, 9.17) is 33.7 Å². The zero-order chi connectivity index (χ0) is 19.4. The number of nitrogens with zero attached hydrogens (tertiary/aromatic N) is 2. The highest BCUT2D eigenvalue weighted by Crippen LogP contribution is 2.28. The van der Waals surface area contributed by atoms with Crippen LogP contribution in [0.3, 0.4) is 0 Å². The summed E-state index contributed by atoms with van der Waals surface area (Å²) < 4.78 is 6.05. The third-order valence-corrected chi connectivity index (χ3v) is 3.93. The number of halogens is 2. The van der Waals surface area contributed by atoms with Crippen molar-refractivity contribution in [2.24, 2.45) is 5.73 Å². The number of fused-ring (bicyclic) bond motifs is 1. The Balaban J connectivity index is 1.79. The van der Waals surface area contributed by atoms with Gasteiger partial charge in [-0.05, 0) is 30.3 Å². The van der Waals surface area contributed by atoms with Crippen LogP contribution in [-0.2, 0) is 0 Å². The number of anilines is 2. The third kappa shape index (κ3) is 4.68. The zero-order valence-electron chi connectivity index (χ0n) is 13.9. The molecule has 2 aromatic carbocycles. The first-order valence-corrected chi connectivity index (χ1v) is 8.62. The van der Waals surface area contributed by atoms with Crippen molar-refractivity contribution < 1.29 is 14.3 Å². The zero-order valence-corrected chi connectivity index (χ0v) is 15.4. The van der Waals surface area contributed by atoms with E-state index in [-0.39, 0.29) is 12.4 Å². The molecule has 0 saturated carbocycles. The Morgan fingerprint density at radius 1 is 1.19 bits per heavy atom. The van der Waals surface area contributed by atoms with Crippen molar-refractivity contribution in [2.75, 3.05) is 23.8 Å². The Kier molecular flexibility index (Phi) is 5.80. The molecule has 0 aliphatic heterocycles. The average Bonchev–Trinajstić information content (AvgIpc) is 2.62. The normalized spacial score (nSPS) is 10.6. The summed E-state index contributed by atoms with van der Waals surface area (Å²) in [5.74, 6) is 0.490. The van der Waals surface area contributed by atoms with E-state index in [1.807, 2.05) is 0 Å². The van der Waals surface area contributed by atoms with Gasteiger partial charge in [0.15, 0.2) is 0 Å². The summed E-state index contributed by atoms with van der Waals surface area (Å²) in [6.07, 6.45) is 1.14. The molecule has 0 spiro atoms. The first kappa shape index (κ1) is 19.0. The van der Waals surface area contributed by atoms with E-state index >= 15 is 0 Å². The summed E-state index contributed by atoms with van der Waals surface area (Å²) in [4.78, 5) is 16.5. The summed E-state index contributed by atoms with van der Waals surface area (Å²) in [6.45, 7) is 0.603. The largest absolute Gasteiger partial charge is 0.618 e. The van der Waals surface area contributed by atoms with E-state index in [2.05, 4.69) is 15.6 Å². The fraction of sp³-hybridized carbons (Fsp3) is 0.118. The maximum absolute atomic E-state index is 12.3. The van der Waals surface area contributed by atoms with Gasteiger partial charge in [0.25, 0.3) is 0 Å². The highest BCUT2D eigenvalue weighted by atomic mass is 35.5. The molecule has 2 amide bonds. The molecule has 8 nitrogen and oxygen atoms in total. The van der Waals surface area contributed by atoms with Crippen LogP contribution in [0.1, 0.15) is 0 Å². The second-order valence-corrected chi connectivity index (χ2v) is 6.31. The van der Waals surface area contributed by atoms with Crippen LogP contribution in [0.5, 0.6) is 5.75 Å². The van der Waals surface area contributed by atoms with Gasteiger partial charge >= 0.3 is 6.03 Å². The van der Waals surface area contributed by atoms with Gasteiger partial charge in [-0.25, -0.2) is 9.78 Å². The summed E-state index contributed by atoms with van der Waals surface area (Å²) in [7, 11) is 0. The van der Waals surface area contributed by atoms with Crippen LogP contribution >= 0.6 is 23.2 Å². The quantitative estimate of drug-likeness (QED) is 0.443. The highest BCUT2D eigenvalue weighted by molar-refractivity contribution is 6.31. The van der Waals surface area contributed by atoms with E-state index in [1.54, 1.807) is 24.3 Å². The van der Waals surface area contributed by atoms with E-state index in [1.165, 1.54) is 12.1 Å². The van der Waals surface area contributed by atoms with Crippen LogP contribution < -0.4 is 25.8 Å². The van der Waals surface area contributed by atoms with Gasteiger partial charge in [0.05, 0.1) is 5.69 Å². The van der Waals surface area contributed by atoms with Crippen LogP contribution in [0.25, 0.3) is 11.0 Å². The first-order chi connectivity index (χ1) is 13.0. The average molecular weight is 408 g/mol. The minimum atomic E-state index is -0.615. The standard InChI is InChI=1S/C17H15Cl2N5O3/c18-10-2-4-15(27-6-5-20)13(7-10)22-17(25)23-16-9-24(26)14-8-11(19)1-3-12(14)21-16/h1-4,7-9H,5-6,20H2,(H2,21,22,23,25). The summed E-state index contributed by atoms with van der Waals surface area (Å²) in [6, 6.07) is 8.86. The summed E-state index contributed by atoms with van der Waals surface area (Å²) in [5, 5.41) is 18.1. The molecule has 1 aromatic heterocycles. The minimum absolute atomic E-state index is 0.0729. The molecule has 1 heterocycles. The van der Waals surface area contributed by atoms with E-state index < -0.39 is 6.03 Å². The monoisotopic (exact) mass is 407 g/mol. The van der Waals surface area contributed by atoms with Gasteiger partial charge in [-0.15, -0.1) is 0 Å². The molecule has 0 atom stereocenters. The van der Waals surface area contributed by atoms with Crippen molar-refractivity contribution in [3.05, 3.63) is 57.8 Å². The number of rotatable bonds is 5. The van der Waals surface area contributed by atoms with Gasteiger partial charge in [0, 0.05) is 22.7 Å². The van der Waals surface area contributed by atoms with Crippen molar-refractivity contribution in [2.45, 2.75) is 0 Å². The number of ether oxygens (including phenoxy) is 1. The van der Waals surface area contributed by atoms with Gasteiger partial charge in [0.1, 0.15) is 17.9 Å². The lowest BCUT2D eigenvalue weighted by Crippen LogP contribution is -2.29. The van der Waals surface area contributed by atoms with Gasteiger partial charge in [-0.3, -0.25) is 5.32 Å². The molecule has 27 heavy (non-hydrogen) atoms. The van der Waals surface area contributed by atoms with Gasteiger partial charge in [0.2, 0.25) is 17.5 Å². The topological polar surface area (TPSA) is 116 Å². The number of amides is 2. The Labute approximate surface area is 164 Å². The second-order valence-electron chi connectivity index (χ2n) is 5.44. The number of carbonyl (C=O) groups is 1. The van der Waals surface area contributed by atoms with E-state index in [9.17, 15) is 10.0 Å². The lowest BCUT2D eigenvalue weighted by atomic mass is 10.3. The number of aromatic nitrogens is 2. The molecular formula is C17H15Cl2N5O3. The second kappa shape index (κ2) is 8.26. The maximum atomic E-state index is 12.3. The molecule has 0 fully saturated rings. The Hall–Kier alpha value is -2.81. The maximum Gasteiger partial charge on any atom is 0.325 e. The van der Waals surface area contributed by atoms with Gasteiger partial charge < -0.3 is 21.0 Å². The van der Waals surface area contributed by atoms with Crippen LogP contribution in [-0.4, -0.2) is 24.2 Å². The number of nitrogens with one attached hydrogen (secondary N) is 2. The number of urea groups is 1. The molecule has 3 aromatic rings. The number of nitrogens with two attached hydrogens (primary N) is 1. The SMILES string of the molecule is NCCOc1ccc(Cl)cc1NC(=O)Nc1c[n+]([O-])c2cc(Cl)ccc2n1. The van der Waals surface area contributed by atoms with Crippen LogP contribution in [0, 0.1) is 5.21 Å². The summed E-state index contributed by atoms with van der Waals surface area (Å²) >= 11 is 11.9. The van der Waals surface area contributed by atoms with E-state index in [0.717, 1.165) is 6.20 Å². The lowest BCUT2D eigenvalue weighted by molar-refractivity contribution is -0.576. The molecule has 0 unspecified atom stereocenters. The number of hydrogen-bond donors (Lipinski definition) is 3. The molecule has 0 aliphatic carbocycles. The summed E-state index contributed by atoms with van der Waals surface area (Å²) in [5.41, 5.74) is 6.47. The Morgan fingerprint density at radius 3 is 2.70 bits per heavy atom. The molecule has 0 bridgehead atoms. The van der Waals surface area contributed by atoms with Crippen molar-refractivity contribution in [3.63, 3.8) is 0 Å². The molecule has 0 aliphatic rings. The number of hydrogen-bond acceptors (Lipinski definition) is 5. The third-order valence-electron chi connectivity index (χ3n) is 3.46. The predicted octanol–water partition coefficient (Wildman–Crippen LogP) is 3.16. The van der Waals surface area contributed by atoms with Crippen LogP contribution in [0.4, 0.5) is 16.3 Å². The fourth-order valence-corrected chi connectivity index (χ4v) is 2.67. The lowest BCUT2D eigenvalue weighted by Gasteiger charge is -2.13. The van der Waals surface area contributed by atoms with Gasteiger partial charge in [-0.1, -0.05) is 23.2 Å². The number of carbonyl (C=O) groups excluding carboxylic acids is 1. The van der Waals surface area contributed by atoms with Crippen LogP contribution in [0.15, 0.2) is 42.6 Å². The van der Waals surface area contributed by atoms with Crippen molar-refractivity contribution in [1.82, 2.24) is 4.98 Å².